The lowest BCUT2D eigenvalue weighted by molar-refractivity contribution is -0.136. The Morgan fingerprint density at radius 3 is 2.21 bits per heavy atom. The van der Waals surface area contributed by atoms with Crippen molar-refractivity contribution in [3.05, 3.63) is 108 Å². The summed E-state index contributed by atoms with van der Waals surface area (Å²) >= 11 is 0. The zero-order valence-electron chi connectivity index (χ0n) is 18.8. The fraction of sp³-hybridized carbons (Fsp3) is 0.100. The first-order valence-electron chi connectivity index (χ1n) is 10.9. The predicted octanol–water partition coefficient (Wildman–Crippen LogP) is 6.09. The molecule has 0 radical (unpaired) electrons. The Morgan fingerprint density at radius 2 is 1.47 bits per heavy atom. The number of methoxy groups -OCH3 is 1. The van der Waals surface area contributed by atoms with E-state index in [1.54, 1.807) is 7.11 Å². The highest BCUT2D eigenvalue weighted by Crippen LogP contribution is 2.27. The van der Waals surface area contributed by atoms with Crippen LogP contribution in [0.1, 0.15) is 11.1 Å². The number of ether oxygens (including phenoxy) is 2. The van der Waals surface area contributed by atoms with Gasteiger partial charge in [-0.25, -0.2) is 0 Å². The molecule has 4 rings (SSSR count). The molecule has 0 heterocycles. The minimum atomic E-state index is -0.854. The van der Waals surface area contributed by atoms with E-state index in [-0.39, 0.29) is 13.0 Å². The Morgan fingerprint density at radius 1 is 0.794 bits per heavy atom. The molecule has 0 aliphatic rings. The van der Waals surface area contributed by atoms with Gasteiger partial charge in [-0.1, -0.05) is 84.6 Å². The maximum atomic E-state index is 11.0. The number of hydrogen-bond donors (Lipinski definition) is 1. The van der Waals surface area contributed by atoms with Crippen molar-refractivity contribution in [3.63, 3.8) is 0 Å². The van der Waals surface area contributed by atoms with Gasteiger partial charge in [0.2, 0.25) is 0 Å². The van der Waals surface area contributed by atoms with E-state index in [9.17, 15) is 4.79 Å². The number of benzene rings is 4. The zero-order chi connectivity index (χ0) is 23.8. The highest BCUT2D eigenvalue weighted by atomic mass is 16.5. The van der Waals surface area contributed by atoms with Gasteiger partial charge >= 0.3 is 5.97 Å². The second-order valence-corrected chi connectivity index (χ2v) is 7.67. The Balaban J connectivity index is 1.46. The zero-order valence-corrected chi connectivity index (χ0v) is 18.8. The number of aliphatic carboxylic acids is 1. The molecular formula is C30H24O4. The Bertz CT molecular complexity index is 1330. The third kappa shape index (κ3) is 5.85. The van der Waals surface area contributed by atoms with Crippen LogP contribution in [0.2, 0.25) is 0 Å². The molecule has 0 spiro atoms. The summed E-state index contributed by atoms with van der Waals surface area (Å²) in [6.45, 7) is 0.242. The van der Waals surface area contributed by atoms with Crippen LogP contribution < -0.4 is 9.47 Å². The second kappa shape index (κ2) is 10.9. The van der Waals surface area contributed by atoms with Crippen molar-refractivity contribution < 1.29 is 19.4 Å². The van der Waals surface area contributed by atoms with Crippen LogP contribution in [-0.4, -0.2) is 24.8 Å². The summed E-state index contributed by atoms with van der Waals surface area (Å²) < 4.78 is 11.3. The summed E-state index contributed by atoms with van der Waals surface area (Å²) in [5.74, 6) is 6.76. The molecule has 4 nitrogen and oxygen atoms in total. The standard InChI is InChI=1S/C30H24O4/c1-33-29-17-14-26(25-10-5-7-22(19-25)20-30(31)32)21-27(29)11-6-18-34-28-15-12-24(13-16-28)23-8-3-2-4-9-23/h2-5,7-10,12-17,19,21H,18,20H2,1H3,(H,31,32). The molecule has 0 aliphatic heterocycles. The van der Waals surface area contributed by atoms with Crippen LogP contribution in [0, 0.1) is 11.8 Å². The molecule has 4 aromatic rings. The van der Waals surface area contributed by atoms with Gasteiger partial charge in [0.05, 0.1) is 19.1 Å². The molecule has 4 heteroatoms. The van der Waals surface area contributed by atoms with Gasteiger partial charge in [0.15, 0.2) is 0 Å². The van der Waals surface area contributed by atoms with Gasteiger partial charge in [0, 0.05) is 0 Å². The summed E-state index contributed by atoms with van der Waals surface area (Å²) in [5, 5.41) is 9.06. The molecule has 0 unspecified atom stereocenters. The van der Waals surface area contributed by atoms with E-state index in [0.29, 0.717) is 5.75 Å². The minimum absolute atomic E-state index is 0.0136. The summed E-state index contributed by atoms with van der Waals surface area (Å²) in [5.41, 5.74) is 5.66. The summed E-state index contributed by atoms with van der Waals surface area (Å²) in [4.78, 5) is 11.0. The van der Waals surface area contributed by atoms with E-state index in [2.05, 4.69) is 24.0 Å². The largest absolute Gasteiger partial charge is 0.495 e. The molecule has 0 aromatic heterocycles. The lowest BCUT2D eigenvalue weighted by Crippen LogP contribution is -1.99. The third-order valence-electron chi connectivity index (χ3n) is 5.31. The van der Waals surface area contributed by atoms with Gasteiger partial charge in [0.25, 0.3) is 0 Å². The Hall–Kier alpha value is -4.49. The van der Waals surface area contributed by atoms with E-state index in [1.807, 2.05) is 84.9 Å². The summed E-state index contributed by atoms with van der Waals surface area (Å²) in [6.07, 6.45) is -0.0136. The van der Waals surface area contributed by atoms with Gasteiger partial charge in [-0.15, -0.1) is 0 Å². The number of carboxylic acid groups (broad SMARTS) is 1. The first-order valence-corrected chi connectivity index (χ1v) is 10.9. The van der Waals surface area contributed by atoms with E-state index < -0.39 is 5.97 Å². The summed E-state index contributed by atoms with van der Waals surface area (Å²) in [7, 11) is 1.61. The van der Waals surface area contributed by atoms with Gasteiger partial charge < -0.3 is 14.6 Å². The molecule has 0 bridgehead atoms. The molecule has 0 aliphatic carbocycles. The van der Waals surface area contributed by atoms with Crippen LogP contribution in [0.15, 0.2) is 97.1 Å². The molecule has 1 N–H and O–H groups in total. The molecular weight excluding hydrogens is 424 g/mol. The lowest BCUT2D eigenvalue weighted by Gasteiger charge is -2.08. The fourth-order valence-electron chi connectivity index (χ4n) is 3.65. The van der Waals surface area contributed by atoms with E-state index >= 15 is 0 Å². The first kappa shape index (κ1) is 22.7. The quantitative estimate of drug-likeness (QED) is 0.348. The van der Waals surface area contributed by atoms with Crippen molar-refractivity contribution in [2.24, 2.45) is 0 Å². The van der Waals surface area contributed by atoms with E-state index in [0.717, 1.165) is 39.1 Å². The molecule has 168 valence electrons. The smallest absolute Gasteiger partial charge is 0.307 e. The average Bonchev–Trinajstić information content (AvgIpc) is 2.87. The first-order chi connectivity index (χ1) is 16.6. The van der Waals surface area contributed by atoms with Crippen molar-refractivity contribution in [3.8, 4) is 45.6 Å². The SMILES string of the molecule is COc1ccc(-c2cccc(CC(=O)O)c2)cc1C#CCOc1ccc(-c2ccccc2)cc1. The topological polar surface area (TPSA) is 55.8 Å². The van der Waals surface area contributed by atoms with E-state index in [1.165, 1.54) is 0 Å². The highest BCUT2D eigenvalue weighted by Gasteiger charge is 2.07. The number of hydrogen-bond acceptors (Lipinski definition) is 3. The fourth-order valence-corrected chi connectivity index (χ4v) is 3.65. The van der Waals surface area contributed by atoms with Gasteiger partial charge in [0.1, 0.15) is 18.1 Å². The van der Waals surface area contributed by atoms with Crippen LogP contribution in [0.25, 0.3) is 22.3 Å². The predicted molar refractivity (Wildman–Crippen MR) is 134 cm³/mol. The highest BCUT2D eigenvalue weighted by molar-refractivity contribution is 5.73. The average molecular weight is 449 g/mol. The molecule has 4 aromatic carbocycles. The van der Waals surface area contributed by atoms with Gasteiger partial charge in [-0.05, 0) is 52.1 Å². The Labute approximate surface area is 199 Å². The van der Waals surface area contributed by atoms with Gasteiger partial charge in [-0.3, -0.25) is 4.79 Å². The van der Waals surface area contributed by atoms with Crippen LogP contribution >= 0.6 is 0 Å². The number of carbonyl (C=O) groups is 1. The van der Waals surface area contributed by atoms with Crippen molar-refractivity contribution in [1.82, 2.24) is 0 Å². The van der Waals surface area contributed by atoms with Crippen LogP contribution in [-0.2, 0) is 11.2 Å². The van der Waals surface area contributed by atoms with Crippen LogP contribution in [0.3, 0.4) is 0 Å². The molecule has 34 heavy (non-hydrogen) atoms. The minimum Gasteiger partial charge on any atom is -0.495 e. The van der Waals surface area contributed by atoms with Crippen molar-refractivity contribution >= 4 is 5.97 Å². The van der Waals surface area contributed by atoms with Crippen LogP contribution in [0.4, 0.5) is 0 Å². The molecule has 0 fully saturated rings. The van der Waals surface area contributed by atoms with E-state index in [4.69, 9.17) is 14.6 Å². The number of rotatable bonds is 7. The molecule has 0 atom stereocenters. The molecule has 0 saturated heterocycles. The third-order valence-corrected chi connectivity index (χ3v) is 5.31. The monoisotopic (exact) mass is 448 g/mol. The molecule has 0 amide bonds. The number of carboxylic acids is 1. The van der Waals surface area contributed by atoms with Crippen molar-refractivity contribution in [2.75, 3.05) is 13.7 Å². The van der Waals surface area contributed by atoms with Gasteiger partial charge in [-0.2, -0.15) is 0 Å². The summed E-state index contributed by atoms with van der Waals surface area (Å²) in [6, 6.07) is 31.4. The lowest BCUT2D eigenvalue weighted by atomic mass is 9.99. The maximum absolute atomic E-state index is 11.0. The Kier molecular flexibility index (Phi) is 7.27. The van der Waals surface area contributed by atoms with Crippen molar-refractivity contribution in [1.29, 1.82) is 0 Å². The maximum Gasteiger partial charge on any atom is 0.307 e. The van der Waals surface area contributed by atoms with Crippen LogP contribution in [0.5, 0.6) is 11.5 Å². The van der Waals surface area contributed by atoms with Crippen molar-refractivity contribution in [2.45, 2.75) is 6.42 Å². The second-order valence-electron chi connectivity index (χ2n) is 7.67. The molecule has 0 saturated carbocycles. The normalized spacial score (nSPS) is 10.1.